The van der Waals surface area contributed by atoms with E-state index < -0.39 is 11.9 Å². The number of Topliss-reactive ketones (excluding diaryl/α,β-unsaturated/α-hetero) is 1. The zero-order chi connectivity index (χ0) is 13.5. The van der Waals surface area contributed by atoms with Crippen LogP contribution < -0.4 is 0 Å². The predicted octanol–water partition coefficient (Wildman–Crippen LogP) is 1.95. The summed E-state index contributed by atoms with van der Waals surface area (Å²) in [6, 6.07) is 1.53. The lowest BCUT2D eigenvalue weighted by Crippen LogP contribution is -2.27. The number of ketones is 1. The van der Waals surface area contributed by atoms with E-state index >= 15 is 0 Å². The van der Waals surface area contributed by atoms with Gasteiger partial charge in [0.1, 0.15) is 17.4 Å². The Balaban J connectivity index is 2.92. The molecule has 0 radical (unpaired) electrons. The van der Waals surface area contributed by atoms with Crippen LogP contribution in [0.4, 0.5) is 0 Å². The molecule has 98 valence electrons. The first-order valence-electron chi connectivity index (χ1n) is 6.10. The third-order valence-electron chi connectivity index (χ3n) is 2.49. The van der Waals surface area contributed by atoms with Crippen LogP contribution in [-0.4, -0.2) is 28.3 Å². The molecule has 1 heterocycles. The molecule has 1 atom stereocenters. The topological polar surface area (TPSA) is 69.2 Å². The number of ether oxygens (including phenoxy) is 1. The average Bonchev–Trinajstić information content (AvgIpc) is 2.35. The molecule has 1 rings (SSSR count). The standard InChI is InChI=1S/C13H18N2O3/c1-4-6-10(13(17)18-5-2)12(16)11-7-8-14-9(3)15-11/h7-8,10H,4-6H2,1-3H3. The first-order valence-corrected chi connectivity index (χ1v) is 6.10. The Labute approximate surface area is 107 Å². The summed E-state index contributed by atoms with van der Waals surface area (Å²) >= 11 is 0. The minimum absolute atomic E-state index is 0.272. The van der Waals surface area contributed by atoms with E-state index in [1.54, 1.807) is 13.8 Å². The van der Waals surface area contributed by atoms with Crippen molar-refractivity contribution in [2.45, 2.75) is 33.6 Å². The molecule has 0 aliphatic rings. The summed E-state index contributed by atoms with van der Waals surface area (Å²) in [5.41, 5.74) is 0.272. The van der Waals surface area contributed by atoms with Gasteiger partial charge in [0.05, 0.1) is 6.61 Å². The highest BCUT2D eigenvalue weighted by Crippen LogP contribution is 2.15. The number of carbonyl (C=O) groups excluding carboxylic acids is 2. The number of nitrogens with zero attached hydrogens (tertiary/aromatic N) is 2. The van der Waals surface area contributed by atoms with E-state index in [0.29, 0.717) is 12.2 Å². The normalized spacial score (nSPS) is 11.9. The molecular weight excluding hydrogens is 232 g/mol. The third kappa shape index (κ3) is 3.61. The smallest absolute Gasteiger partial charge is 0.316 e. The first kappa shape index (κ1) is 14.3. The van der Waals surface area contributed by atoms with Crippen molar-refractivity contribution in [3.8, 4) is 0 Å². The molecule has 0 amide bonds. The molecule has 0 bridgehead atoms. The van der Waals surface area contributed by atoms with Crippen molar-refractivity contribution in [1.29, 1.82) is 0 Å². The summed E-state index contributed by atoms with van der Waals surface area (Å²) in [5.74, 6) is -1.01. The highest BCUT2D eigenvalue weighted by atomic mass is 16.5. The summed E-state index contributed by atoms with van der Waals surface area (Å²) in [6.45, 7) is 5.62. The summed E-state index contributed by atoms with van der Waals surface area (Å²) in [5, 5.41) is 0. The molecule has 0 N–H and O–H groups in total. The van der Waals surface area contributed by atoms with Gasteiger partial charge in [-0.1, -0.05) is 13.3 Å². The van der Waals surface area contributed by atoms with Gasteiger partial charge in [0.2, 0.25) is 0 Å². The van der Waals surface area contributed by atoms with Gasteiger partial charge >= 0.3 is 5.97 Å². The van der Waals surface area contributed by atoms with Crippen molar-refractivity contribution < 1.29 is 14.3 Å². The Kier molecular flexibility index (Phi) is 5.42. The zero-order valence-corrected chi connectivity index (χ0v) is 11.0. The molecule has 5 heteroatoms. The van der Waals surface area contributed by atoms with Gasteiger partial charge in [-0.15, -0.1) is 0 Å². The van der Waals surface area contributed by atoms with Crippen LogP contribution in [0.3, 0.4) is 0 Å². The molecule has 0 saturated heterocycles. The van der Waals surface area contributed by atoms with E-state index in [1.807, 2.05) is 6.92 Å². The van der Waals surface area contributed by atoms with Crippen molar-refractivity contribution in [1.82, 2.24) is 9.97 Å². The lowest BCUT2D eigenvalue weighted by molar-refractivity contribution is -0.146. The van der Waals surface area contributed by atoms with Crippen molar-refractivity contribution in [2.75, 3.05) is 6.61 Å². The minimum Gasteiger partial charge on any atom is -0.465 e. The Morgan fingerprint density at radius 1 is 1.39 bits per heavy atom. The Morgan fingerprint density at radius 3 is 2.67 bits per heavy atom. The largest absolute Gasteiger partial charge is 0.465 e. The SMILES string of the molecule is CCCC(C(=O)OCC)C(=O)c1ccnc(C)n1. The fraction of sp³-hybridized carbons (Fsp3) is 0.538. The molecule has 1 aromatic rings. The molecule has 0 spiro atoms. The van der Waals surface area contributed by atoms with Gasteiger partial charge in [0.15, 0.2) is 5.78 Å². The van der Waals surface area contributed by atoms with E-state index in [9.17, 15) is 9.59 Å². The number of aryl methyl sites for hydroxylation is 1. The third-order valence-corrected chi connectivity index (χ3v) is 2.49. The van der Waals surface area contributed by atoms with Crippen molar-refractivity contribution >= 4 is 11.8 Å². The number of carbonyl (C=O) groups is 2. The number of hydrogen-bond acceptors (Lipinski definition) is 5. The number of hydrogen-bond donors (Lipinski definition) is 0. The van der Waals surface area contributed by atoms with Gasteiger partial charge in [0, 0.05) is 6.20 Å². The molecule has 5 nitrogen and oxygen atoms in total. The average molecular weight is 250 g/mol. The Morgan fingerprint density at radius 2 is 2.11 bits per heavy atom. The molecule has 1 unspecified atom stereocenters. The number of esters is 1. The second-order valence-electron chi connectivity index (χ2n) is 3.95. The maximum absolute atomic E-state index is 12.2. The molecule has 0 aliphatic carbocycles. The van der Waals surface area contributed by atoms with E-state index in [-0.39, 0.29) is 18.1 Å². The summed E-state index contributed by atoms with van der Waals surface area (Å²) in [6.07, 6.45) is 2.73. The molecule has 0 fully saturated rings. The van der Waals surface area contributed by atoms with Gasteiger partial charge in [0.25, 0.3) is 0 Å². The predicted molar refractivity (Wildman–Crippen MR) is 66.1 cm³/mol. The van der Waals surface area contributed by atoms with Crippen molar-refractivity contribution in [3.63, 3.8) is 0 Å². The summed E-state index contributed by atoms with van der Waals surface area (Å²) < 4.78 is 4.93. The molecule has 18 heavy (non-hydrogen) atoms. The highest BCUT2D eigenvalue weighted by molar-refractivity contribution is 6.07. The number of aromatic nitrogens is 2. The van der Waals surface area contributed by atoms with Gasteiger partial charge < -0.3 is 4.74 Å². The Bertz CT molecular complexity index is 432. The van der Waals surface area contributed by atoms with Gasteiger partial charge in [-0.2, -0.15) is 0 Å². The molecule has 1 aromatic heterocycles. The molecule has 0 aromatic carbocycles. The van der Waals surface area contributed by atoms with E-state index in [0.717, 1.165) is 6.42 Å². The fourth-order valence-electron chi connectivity index (χ4n) is 1.66. The lowest BCUT2D eigenvalue weighted by Gasteiger charge is -2.13. The minimum atomic E-state index is -0.760. The van der Waals surface area contributed by atoms with Crippen molar-refractivity contribution in [2.24, 2.45) is 5.92 Å². The van der Waals surface area contributed by atoms with Crippen molar-refractivity contribution in [3.05, 3.63) is 23.8 Å². The quantitative estimate of drug-likeness (QED) is 0.438. The van der Waals surface area contributed by atoms with Crippen LogP contribution >= 0.6 is 0 Å². The van der Waals surface area contributed by atoms with E-state index in [2.05, 4.69) is 9.97 Å². The molecule has 0 saturated carbocycles. The monoisotopic (exact) mass is 250 g/mol. The van der Waals surface area contributed by atoms with Crippen LogP contribution in [0.25, 0.3) is 0 Å². The lowest BCUT2D eigenvalue weighted by atomic mass is 9.96. The maximum atomic E-state index is 12.2. The first-order chi connectivity index (χ1) is 8.60. The molecular formula is C13H18N2O3. The number of rotatable bonds is 6. The molecule has 0 aliphatic heterocycles. The van der Waals surface area contributed by atoms with Gasteiger partial charge in [-0.25, -0.2) is 9.97 Å². The van der Waals surface area contributed by atoms with Crippen LogP contribution in [0, 0.1) is 12.8 Å². The van der Waals surface area contributed by atoms with Crippen LogP contribution in [0.2, 0.25) is 0 Å². The van der Waals surface area contributed by atoms with Crippen LogP contribution in [-0.2, 0) is 9.53 Å². The summed E-state index contributed by atoms with van der Waals surface area (Å²) in [7, 11) is 0. The van der Waals surface area contributed by atoms with E-state index in [4.69, 9.17) is 4.74 Å². The Hall–Kier alpha value is -1.78. The van der Waals surface area contributed by atoms with Crippen LogP contribution in [0.1, 0.15) is 43.0 Å². The van der Waals surface area contributed by atoms with Crippen LogP contribution in [0.5, 0.6) is 0 Å². The summed E-state index contributed by atoms with van der Waals surface area (Å²) in [4.78, 5) is 31.9. The fourth-order valence-corrected chi connectivity index (χ4v) is 1.66. The second-order valence-corrected chi connectivity index (χ2v) is 3.95. The highest BCUT2D eigenvalue weighted by Gasteiger charge is 2.28. The zero-order valence-electron chi connectivity index (χ0n) is 11.0. The van der Waals surface area contributed by atoms with Crippen LogP contribution in [0.15, 0.2) is 12.3 Å². The van der Waals surface area contributed by atoms with Gasteiger partial charge in [-0.05, 0) is 26.3 Å². The maximum Gasteiger partial charge on any atom is 0.316 e. The van der Waals surface area contributed by atoms with Gasteiger partial charge in [-0.3, -0.25) is 9.59 Å². The van der Waals surface area contributed by atoms with E-state index in [1.165, 1.54) is 12.3 Å². The second kappa shape index (κ2) is 6.83.